The topological polar surface area (TPSA) is 71.5 Å². The summed E-state index contributed by atoms with van der Waals surface area (Å²) in [7, 11) is 2.06. The van der Waals surface area contributed by atoms with Crippen LogP contribution in [0.25, 0.3) is 0 Å². The zero-order chi connectivity index (χ0) is 14.5. The molecule has 0 saturated heterocycles. The van der Waals surface area contributed by atoms with Crippen molar-refractivity contribution in [1.82, 2.24) is 10.3 Å². The van der Waals surface area contributed by atoms with Crippen LogP contribution in [0.4, 0.5) is 0 Å². The average molecular weight is 293 g/mol. The molecule has 5 nitrogen and oxygen atoms in total. The van der Waals surface area contributed by atoms with Crippen molar-refractivity contribution >= 4 is 17.2 Å². The van der Waals surface area contributed by atoms with Gasteiger partial charge >= 0.3 is 5.91 Å². The number of likely N-dealkylation sites (N-methyl/N-ethyl adjacent to an activating group) is 1. The van der Waals surface area contributed by atoms with E-state index in [1.807, 2.05) is 6.92 Å². The molecule has 2 aromatic heterocycles. The van der Waals surface area contributed by atoms with Crippen LogP contribution in [0, 0.1) is 6.92 Å². The maximum atomic E-state index is 11.4. The Bertz CT molecular complexity index is 563. The second-order valence-corrected chi connectivity index (χ2v) is 5.76. The molecule has 6 heteroatoms. The van der Waals surface area contributed by atoms with Crippen LogP contribution in [-0.2, 0) is 13.0 Å². The van der Waals surface area contributed by atoms with E-state index >= 15 is 0 Å². The van der Waals surface area contributed by atoms with Gasteiger partial charge in [0.15, 0.2) is 5.76 Å². The van der Waals surface area contributed by atoms with E-state index in [2.05, 4.69) is 34.9 Å². The van der Waals surface area contributed by atoms with Crippen molar-refractivity contribution in [3.63, 3.8) is 0 Å². The molecular formula is C14H19N3O2S. The van der Waals surface area contributed by atoms with Crippen molar-refractivity contribution in [2.24, 2.45) is 5.84 Å². The molecule has 0 saturated carbocycles. The van der Waals surface area contributed by atoms with Crippen molar-refractivity contribution in [2.45, 2.75) is 19.9 Å². The number of amides is 1. The number of nitrogens with one attached hydrogen (secondary N) is 1. The summed E-state index contributed by atoms with van der Waals surface area (Å²) in [5, 5.41) is 2.09. The zero-order valence-electron chi connectivity index (χ0n) is 11.7. The average Bonchev–Trinajstić information content (AvgIpc) is 3.06. The van der Waals surface area contributed by atoms with E-state index in [1.54, 1.807) is 17.4 Å². The lowest BCUT2D eigenvalue weighted by Gasteiger charge is -2.15. The molecule has 0 atom stereocenters. The minimum Gasteiger partial charge on any atom is -0.456 e. The number of hydrogen-bond acceptors (Lipinski definition) is 5. The fourth-order valence-electron chi connectivity index (χ4n) is 1.99. The largest absolute Gasteiger partial charge is 0.456 e. The molecule has 0 aliphatic carbocycles. The van der Waals surface area contributed by atoms with Crippen molar-refractivity contribution in [3.8, 4) is 0 Å². The molecule has 0 spiro atoms. The van der Waals surface area contributed by atoms with E-state index in [9.17, 15) is 4.79 Å². The number of thiophene rings is 1. The highest BCUT2D eigenvalue weighted by atomic mass is 32.1. The number of furan rings is 1. The monoisotopic (exact) mass is 293 g/mol. The number of nitrogens with zero attached hydrogens (tertiary/aromatic N) is 1. The van der Waals surface area contributed by atoms with E-state index in [-0.39, 0.29) is 5.76 Å². The summed E-state index contributed by atoms with van der Waals surface area (Å²) < 4.78 is 5.40. The van der Waals surface area contributed by atoms with Crippen molar-refractivity contribution in [1.29, 1.82) is 0 Å². The van der Waals surface area contributed by atoms with E-state index in [0.717, 1.165) is 30.8 Å². The van der Waals surface area contributed by atoms with E-state index in [4.69, 9.17) is 10.3 Å². The normalized spacial score (nSPS) is 11.0. The summed E-state index contributed by atoms with van der Waals surface area (Å²) in [6.45, 7) is 3.57. The van der Waals surface area contributed by atoms with E-state index in [0.29, 0.717) is 0 Å². The second kappa shape index (κ2) is 6.69. The smallest absolute Gasteiger partial charge is 0.300 e. The summed E-state index contributed by atoms with van der Waals surface area (Å²) in [4.78, 5) is 15.0. The highest BCUT2D eigenvalue weighted by molar-refractivity contribution is 7.09. The molecule has 108 valence electrons. The fraction of sp³-hybridized carbons (Fsp3) is 0.357. The Hall–Kier alpha value is -1.63. The minimum atomic E-state index is -0.402. The Kier molecular flexibility index (Phi) is 4.94. The Morgan fingerprint density at radius 1 is 1.55 bits per heavy atom. The van der Waals surface area contributed by atoms with Gasteiger partial charge < -0.3 is 9.32 Å². The molecule has 0 aromatic carbocycles. The van der Waals surface area contributed by atoms with Crippen LogP contribution in [0.15, 0.2) is 28.0 Å². The third-order valence-corrected chi connectivity index (χ3v) is 4.07. The molecular weight excluding hydrogens is 274 g/mol. The number of hydrogen-bond donors (Lipinski definition) is 2. The molecule has 0 aliphatic heterocycles. The van der Waals surface area contributed by atoms with Gasteiger partial charge in [0, 0.05) is 23.5 Å². The molecule has 0 unspecified atom stereocenters. The Morgan fingerprint density at radius 3 is 3.00 bits per heavy atom. The maximum Gasteiger partial charge on any atom is 0.300 e. The third-order valence-electron chi connectivity index (χ3n) is 3.14. The highest BCUT2D eigenvalue weighted by Gasteiger charge is 2.14. The van der Waals surface area contributed by atoms with Crippen LogP contribution in [0.3, 0.4) is 0 Å². The minimum absolute atomic E-state index is 0.256. The predicted octanol–water partition coefficient (Wildman–Crippen LogP) is 1.93. The molecule has 2 heterocycles. The van der Waals surface area contributed by atoms with Crippen LogP contribution in [-0.4, -0.2) is 24.4 Å². The van der Waals surface area contributed by atoms with Gasteiger partial charge in [0.25, 0.3) is 0 Å². The first-order valence-electron chi connectivity index (χ1n) is 6.41. The van der Waals surface area contributed by atoms with Crippen LogP contribution in [0.5, 0.6) is 0 Å². The molecule has 0 aliphatic rings. The number of rotatable bonds is 6. The fourth-order valence-corrected chi connectivity index (χ4v) is 2.68. The summed E-state index contributed by atoms with van der Waals surface area (Å²) in [6, 6.07) is 5.96. The molecule has 2 rings (SSSR count). The lowest BCUT2D eigenvalue weighted by molar-refractivity contribution is 0.0924. The van der Waals surface area contributed by atoms with Crippen LogP contribution >= 0.6 is 11.3 Å². The number of carbonyl (C=O) groups is 1. The molecule has 0 bridgehead atoms. The first-order chi connectivity index (χ1) is 9.60. The quantitative estimate of drug-likeness (QED) is 0.485. The third kappa shape index (κ3) is 3.69. The Labute approximate surface area is 122 Å². The first kappa shape index (κ1) is 14.8. The molecule has 3 N–H and O–H groups in total. The van der Waals surface area contributed by atoms with Crippen LogP contribution < -0.4 is 11.3 Å². The van der Waals surface area contributed by atoms with Gasteiger partial charge in [-0.15, -0.1) is 11.3 Å². The predicted molar refractivity (Wildman–Crippen MR) is 79.5 cm³/mol. The van der Waals surface area contributed by atoms with Gasteiger partial charge in [0.2, 0.25) is 0 Å². The number of carbonyl (C=O) groups excluding carboxylic acids is 1. The lowest BCUT2D eigenvalue weighted by atomic mass is 10.2. The number of hydrazine groups is 1. The molecule has 0 radical (unpaired) electrons. The van der Waals surface area contributed by atoms with Gasteiger partial charge in [-0.25, -0.2) is 5.84 Å². The Morgan fingerprint density at radius 2 is 2.35 bits per heavy atom. The van der Waals surface area contributed by atoms with Gasteiger partial charge in [-0.3, -0.25) is 10.2 Å². The molecule has 0 fully saturated rings. The Balaban J connectivity index is 1.92. The molecule has 1 amide bonds. The van der Waals surface area contributed by atoms with Gasteiger partial charge in [-0.05, 0) is 37.9 Å². The van der Waals surface area contributed by atoms with Crippen molar-refractivity contribution in [3.05, 3.63) is 45.5 Å². The summed E-state index contributed by atoms with van der Waals surface area (Å²) in [6.07, 6.45) is 1.03. The molecule has 2 aromatic rings. The lowest BCUT2D eigenvalue weighted by Crippen LogP contribution is -2.29. The maximum absolute atomic E-state index is 11.4. The summed E-state index contributed by atoms with van der Waals surface area (Å²) in [5.74, 6) is 5.71. The van der Waals surface area contributed by atoms with Gasteiger partial charge in [0.1, 0.15) is 5.76 Å². The number of nitrogen functional groups attached to an aromatic ring is 1. The second-order valence-electron chi connectivity index (χ2n) is 4.73. The highest BCUT2D eigenvalue weighted by Crippen LogP contribution is 2.17. The van der Waals surface area contributed by atoms with Gasteiger partial charge in [0.05, 0.1) is 0 Å². The van der Waals surface area contributed by atoms with Gasteiger partial charge in [-0.1, -0.05) is 6.07 Å². The summed E-state index contributed by atoms with van der Waals surface area (Å²) >= 11 is 1.77. The van der Waals surface area contributed by atoms with Crippen LogP contribution in [0.2, 0.25) is 0 Å². The van der Waals surface area contributed by atoms with E-state index in [1.165, 1.54) is 4.88 Å². The van der Waals surface area contributed by atoms with Crippen molar-refractivity contribution < 1.29 is 9.21 Å². The SMILES string of the molecule is Cc1oc(C(=O)NN)cc1CN(C)CCc1cccs1. The standard InChI is InChI=1S/C14H19N3O2S/c1-10-11(8-13(19-10)14(18)16-15)9-17(2)6-5-12-4-3-7-20-12/h3-4,7-8H,5-6,9,15H2,1-2H3,(H,16,18). The first-order valence-corrected chi connectivity index (χ1v) is 7.29. The number of aryl methyl sites for hydroxylation is 1. The zero-order valence-corrected chi connectivity index (χ0v) is 12.5. The van der Waals surface area contributed by atoms with Crippen LogP contribution in [0.1, 0.15) is 26.8 Å². The van der Waals surface area contributed by atoms with Crippen molar-refractivity contribution in [2.75, 3.05) is 13.6 Å². The van der Waals surface area contributed by atoms with E-state index < -0.39 is 5.91 Å². The van der Waals surface area contributed by atoms with Gasteiger partial charge in [-0.2, -0.15) is 0 Å². The number of nitrogens with two attached hydrogens (primary N) is 1. The molecule has 20 heavy (non-hydrogen) atoms. The summed E-state index contributed by atoms with van der Waals surface area (Å²) in [5.41, 5.74) is 3.09.